The molecule has 0 radical (unpaired) electrons. The Hall–Kier alpha value is -2.24. The number of nitrogens with zero attached hydrogens (tertiary/aromatic N) is 1. The van der Waals surface area contributed by atoms with Crippen LogP contribution in [-0.2, 0) is 9.53 Å². The Morgan fingerprint density at radius 2 is 1.96 bits per heavy atom. The number of ether oxygens (including phenoxy) is 1. The molecule has 1 amide bonds. The maximum Gasteiger partial charge on any atom is 0.253 e. The standard InChI is InChI=1S/C15H22N2O2.C6H5F/c1-3-12-6-8-17(11-13(12)4-2)15(18)14-10-16-7-5-9-19-14;7-6-4-2-1-3-5-6/h3-4,14,16H,1-2,5-11H2;1-5H. The van der Waals surface area contributed by atoms with Gasteiger partial charge >= 0.3 is 0 Å². The van der Waals surface area contributed by atoms with Crippen molar-refractivity contribution in [3.63, 3.8) is 0 Å². The summed E-state index contributed by atoms with van der Waals surface area (Å²) in [6.45, 7) is 11.2. The molecule has 2 aliphatic heterocycles. The largest absolute Gasteiger partial charge is 0.367 e. The molecule has 3 rings (SSSR count). The molecule has 2 heterocycles. The zero-order valence-corrected chi connectivity index (χ0v) is 15.1. The summed E-state index contributed by atoms with van der Waals surface area (Å²) in [7, 11) is 0. The average Bonchev–Trinajstić information content (AvgIpc) is 2.97. The third-order valence-corrected chi connectivity index (χ3v) is 4.38. The molecule has 1 aromatic carbocycles. The first kappa shape index (κ1) is 20.1. The molecule has 0 bridgehead atoms. The lowest BCUT2D eigenvalue weighted by atomic mass is 9.99. The number of allylic oxidation sites excluding steroid dienone is 1. The van der Waals surface area contributed by atoms with E-state index in [1.54, 1.807) is 18.2 Å². The van der Waals surface area contributed by atoms with Gasteiger partial charge in [0, 0.05) is 26.2 Å². The van der Waals surface area contributed by atoms with Crippen LogP contribution in [0.5, 0.6) is 0 Å². The van der Waals surface area contributed by atoms with Crippen LogP contribution in [0.3, 0.4) is 0 Å². The average molecular weight is 358 g/mol. The molecule has 0 aliphatic carbocycles. The van der Waals surface area contributed by atoms with Crippen molar-refractivity contribution in [1.82, 2.24) is 10.2 Å². The van der Waals surface area contributed by atoms with Crippen LogP contribution in [-0.4, -0.2) is 49.7 Å². The number of hydrogen-bond donors (Lipinski definition) is 1. The highest BCUT2D eigenvalue weighted by Gasteiger charge is 2.28. The molecule has 1 unspecified atom stereocenters. The van der Waals surface area contributed by atoms with E-state index in [1.165, 1.54) is 17.7 Å². The van der Waals surface area contributed by atoms with Gasteiger partial charge in [0.25, 0.3) is 5.91 Å². The minimum Gasteiger partial charge on any atom is -0.367 e. The molecule has 140 valence electrons. The van der Waals surface area contributed by atoms with E-state index in [1.807, 2.05) is 17.1 Å². The number of rotatable bonds is 3. The van der Waals surface area contributed by atoms with E-state index in [0.717, 1.165) is 31.5 Å². The van der Waals surface area contributed by atoms with Crippen LogP contribution in [0.15, 0.2) is 66.8 Å². The van der Waals surface area contributed by atoms with Crippen molar-refractivity contribution < 1.29 is 13.9 Å². The topological polar surface area (TPSA) is 41.6 Å². The summed E-state index contributed by atoms with van der Waals surface area (Å²) in [5.74, 6) is -0.0978. The van der Waals surface area contributed by atoms with Gasteiger partial charge in [-0.05, 0) is 42.7 Å². The summed E-state index contributed by atoms with van der Waals surface area (Å²) < 4.78 is 17.5. The molecule has 1 saturated heterocycles. The molecule has 0 aromatic heterocycles. The molecule has 0 spiro atoms. The minimum atomic E-state index is -0.348. The highest BCUT2D eigenvalue weighted by Crippen LogP contribution is 2.20. The molecule has 1 N–H and O–H groups in total. The fourth-order valence-electron chi connectivity index (χ4n) is 2.91. The van der Waals surface area contributed by atoms with Crippen LogP contribution in [0, 0.1) is 5.82 Å². The van der Waals surface area contributed by atoms with Gasteiger partial charge in [-0.3, -0.25) is 4.79 Å². The smallest absolute Gasteiger partial charge is 0.253 e. The lowest BCUT2D eigenvalue weighted by Crippen LogP contribution is -2.46. The maximum atomic E-state index is 12.4. The van der Waals surface area contributed by atoms with Gasteiger partial charge in [-0.1, -0.05) is 43.5 Å². The van der Waals surface area contributed by atoms with E-state index in [2.05, 4.69) is 18.5 Å². The van der Waals surface area contributed by atoms with Crippen molar-refractivity contribution in [2.75, 3.05) is 32.8 Å². The summed E-state index contributed by atoms with van der Waals surface area (Å²) in [6, 6.07) is 7.94. The zero-order valence-electron chi connectivity index (χ0n) is 15.1. The first-order valence-corrected chi connectivity index (χ1v) is 8.94. The Kier molecular flexibility index (Phi) is 8.25. The third kappa shape index (κ3) is 5.93. The SMILES string of the molecule is C=CC1=C(C=C)CN(C(=O)C2CNCCCO2)CC1.Fc1ccccc1. The van der Waals surface area contributed by atoms with E-state index in [0.29, 0.717) is 19.7 Å². The Labute approximate surface area is 155 Å². The van der Waals surface area contributed by atoms with Crippen LogP contribution >= 0.6 is 0 Å². The quantitative estimate of drug-likeness (QED) is 0.903. The fourth-order valence-corrected chi connectivity index (χ4v) is 2.91. The summed E-state index contributed by atoms with van der Waals surface area (Å²) in [5.41, 5.74) is 2.29. The monoisotopic (exact) mass is 358 g/mol. The zero-order chi connectivity index (χ0) is 18.8. The predicted octanol–water partition coefficient (Wildman–Crippen LogP) is 3.09. The Morgan fingerprint density at radius 3 is 2.58 bits per heavy atom. The number of hydrogen-bond acceptors (Lipinski definition) is 3. The van der Waals surface area contributed by atoms with E-state index in [9.17, 15) is 9.18 Å². The van der Waals surface area contributed by atoms with Crippen molar-refractivity contribution in [2.45, 2.75) is 18.9 Å². The fraction of sp³-hybridized carbons (Fsp3) is 0.381. The second-order valence-electron chi connectivity index (χ2n) is 6.18. The van der Waals surface area contributed by atoms with E-state index in [4.69, 9.17) is 4.74 Å². The lowest BCUT2D eigenvalue weighted by molar-refractivity contribution is -0.142. The van der Waals surface area contributed by atoms with Crippen molar-refractivity contribution in [3.05, 3.63) is 72.6 Å². The van der Waals surface area contributed by atoms with Crippen LogP contribution in [0.1, 0.15) is 12.8 Å². The van der Waals surface area contributed by atoms with Gasteiger partial charge in [0.1, 0.15) is 11.9 Å². The van der Waals surface area contributed by atoms with E-state index >= 15 is 0 Å². The van der Waals surface area contributed by atoms with Crippen molar-refractivity contribution >= 4 is 5.91 Å². The first-order chi connectivity index (χ1) is 12.7. The minimum absolute atomic E-state index is 0.0804. The van der Waals surface area contributed by atoms with Crippen molar-refractivity contribution in [2.24, 2.45) is 0 Å². The molecule has 1 aromatic rings. The molecule has 1 fully saturated rings. The van der Waals surface area contributed by atoms with E-state index < -0.39 is 0 Å². The molecule has 26 heavy (non-hydrogen) atoms. The summed E-state index contributed by atoms with van der Waals surface area (Å²) in [4.78, 5) is 14.3. The van der Waals surface area contributed by atoms with Crippen LogP contribution in [0.2, 0.25) is 0 Å². The van der Waals surface area contributed by atoms with Crippen molar-refractivity contribution in [1.29, 1.82) is 0 Å². The third-order valence-electron chi connectivity index (χ3n) is 4.38. The first-order valence-electron chi connectivity index (χ1n) is 8.94. The molecule has 2 aliphatic rings. The van der Waals surface area contributed by atoms with Crippen LogP contribution in [0.25, 0.3) is 0 Å². The number of carbonyl (C=O) groups is 1. The van der Waals surface area contributed by atoms with Crippen LogP contribution < -0.4 is 5.32 Å². The summed E-state index contributed by atoms with van der Waals surface area (Å²) >= 11 is 0. The molecule has 0 saturated carbocycles. The van der Waals surface area contributed by atoms with E-state index in [-0.39, 0.29) is 17.8 Å². The molecule has 1 atom stereocenters. The van der Waals surface area contributed by atoms with Gasteiger partial charge in [-0.25, -0.2) is 4.39 Å². The Morgan fingerprint density at radius 1 is 1.23 bits per heavy atom. The summed E-state index contributed by atoms with van der Waals surface area (Å²) in [5, 5.41) is 3.24. The number of carbonyl (C=O) groups excluding carboxylic acids is 1. The molecular formula is C21H27FN2O2. The summed E-state index contributed by atoms with van der Waals surface area (Å²) in [6.07, 6.45) is 5.14. The number of amides is 1. The molecule has 4 nitrogen and oxygen atoms in total. The number of nitrogens with one attached hydrogen (secondary N) is 1. The van der Waals surface area contributed by atoms with Gasteiger partial charge in [0.2, 0.25) is 0 Å². The maximum absolute atomic E-state index is 12.4. The van der Waals surface area contributed by atoms with Gasteiger partial charge in [-0.15, -0.1) is 0 Å². The Bertz CT molecular complexity index is 635. The highest BCUT2D eigenvalue weighted by atomic mass is 19.1. The van der Waals surface area contributed by atoms with Crippen LogP contribution in [0.4, 0.5) is 4.39 Å². The second-order valence-corrected chi connectivity index (χ2v) is 6.18. The van der Waals surface area contributed by atoms with Gasteiger partial charge in [0.15, 0.2) is 0 Å². The lowest BCUT2D eigenvalue weighted by Gasteiger charge is -2.31. The second kappa shape index (κ2) is 10.7. The number of halogens is 1. The number of benzene rings is 1. The molecular weight excluding hydrogens is 331 g/mol. The van der Waals surface area contributed by atoms with Gasteiger partial charge in [-0.2, -0.15) is 0 Å². The normalized spacial score (nSPS) is 20.5. The predicted molar refractivity (Wildman–Crippen MR) is 102 cm³/mol. The molecule has 5 heteroatoms. The van der Waals surface area contributed by atoms with Crippen molar-refractivity contribution in [3.8, 4) is 0 Å². The van der Waals surface area contributed by atoms with Gasteiger partial charge < -0.3 is 15.0 Å². The Balaban J connectivity index is 0.000000290. The van der Waals surface area contributed by atoms with Gasteiger partial charge in [0.05, 0.1) is 0 Å². The highest BCUT2D eigenvalue weighted by molar-refractivity contribution is 5.82.